The van der Waals surface area contributed by atoms with Crippen LogP contribution in [0.3, 0.4) is 0 Å². The molecule has 0 amide bonds. The maximum atomic E-state index is 13.2. The van der Waals surface area contributed by atoms with Gasteiger partial charge in [0, 0.05) is 30.4 Å². The van der Waals surface area contributed by atoms with Crippen molar-refractivity contribution in [3.63, 3.8) is 0 Å². The van der Waals surface area contributed by atoms with Crippen LogP contribution in [0.2, 0.25) is 0 Å². The molecule has 0 aliphatic heterocycles. The first-order valence-corrected chi connectivity index (χ1v) is 7.12. The molecule has 0 spiro atoms. The van der Waals surface area contributed by atoms with Gasteiger partial charge in [-0.3, -0.25) is 4.68 Å². The monoisotopic (exact) mass is 324 g/mol. The third-order valence-electron chi connectivity index (χ3n) is 3.06. The van der Waals surface area contributed by atoms with E-state index in [0.29, 0.717) is 5.88 Å². The Kier molecular flexibility index (Phi) is 5.31. The minimum absolute atomic E-state index is 0.0763. The molecule has 5 nitrogen and oxygen atoms in total. The molecule has 23 heavy (non-hydrogen) atoms. The lowest BCUT2D eigenvalue weighted by atomic mass is 10.0. The van der Waals surface area contributed by atoms with Crippen LogP contribution in [0.1, 0.15) is 41.8 Å². The number of carbonyl (C=O) groups excluding carboxylic acids is 1. The zero-order valence-electron chi connectivity index (χ0n) is 13.1. The van der Waals surface area contributed by atoms with E-state index in [1.807, 2.05) is 0 Å². The van der Waals surface area contributed by atoms with Crippen molar-refractivity contribution in [2.45, 2.75) is 33.0 Å². The Labute approximate surface area is 132 Å². The third-order valence-corrected chi connectivity index (χ3v) is 3.06. The van der Waals surface area contributed by atoms with Gasteiger partial charge in [-0.2, -0.15) is 0 Å². The summed E-state index contributed by atoms with van der Waals surface area (Å²) >= 11 is 0. The predicted octanol–water partition coefficient (Wildman–Crippen LogP) is 3.50. The first kappa shape index (κ1) is 16.9. The fraction of sp³-hybridized carbons (Fsp3) is 0.375. The van der Waals surface area contributed by atoms with Gasteiger partial charge in [-0.15, -0.1) is 5.10 Å². The number of esters is 1. The van der Waals surface area contributed by atoms with Crippen molar-refractivity contribution in [2.24, 2.45) is 7.05 Å². The van der Waals surface area contributed by atoms with E-state index in [4.69, 9.17) is 9.47 Å². The molecule has 0 N–H and O–H groups in total. The maximum Gasteiger partial charge on any atom is 0.338 e. The van der Waals surface area contributed by atoms with Gasteiger partial charge < -0.3 is 9.47 Å². The van der Waals surface area contributed by atoms with Crippen LogP contribution in [0.15, 0.2) is 30.5 Å². The van der Waals surface area contributed by atoms with Gasteiger partial charge >= 0.3 is 5.97 Å². The van der Waals surface area contributed by atoms with Crippen molar-refractivity contribution < 1.29 is 23.0 Å². The van der Waals surface area contributed by atoms with Gasteiger partial charge in [0.25, 0.3) is 6.43 Å². The van der Waals surface area contributed by atoms with Gasteiger partial charge in [-0.05, 0) is 19.9 Å². The number of aromatic nitrogens is 2. The summed E-state index contributed by atoms with van der Waals surface area (Å²) in [5.74, 6) is -0.359. The fourth-order valence-electron chi connectivity index (χ4n) is 2.06. The predicted molar refractivity (Wildman–Crippen MR) is 79.5 cm³/mol. The molecular weight excluding hydrogens is 306 g/mol. The molecule has 7 heteroatoms. The molecule has 1 heterocycles. The smallest absolute Gasteiger partial charge is 0.338 e. The van der Waals surface area contributed by atoms with Gasteiger partial charge in [-0.25, -0.2) is 13.6 Å². The molecule has 0 atom stereocenters. The number of benzene rings is 1. The number of ether oxygens (including phenoxy) is 2. The van der Waals surface area contributed by atoms with E-state index in [2.05, 4.69) is 5.10 Å². The van der Waals surface area contributed by atoms with E-state index in [9.17, 15) is 13.6 Å². The van der Waals surface area contributed by atoms with Crippen LogP contribution in [0.25, 0.3) is 0 Å². The van der Waals surface area contributed by atoms with E-state index >= 15 is 0 Å². The van der Waals surface area contributed by atoms with Crippen LogP contribution in [0.5, 0.6) is 5.88 Å². The molecule has 2 rings (SSSR count). The second-order valence-electron chi connectivity index (χ2n) is 5.24. The van der Waals surface area contributed by atoms with Gasteiger partial charge in [0.05, 0.1) is 11.7 Å². The minimum Gasteiger partial charge on any atom is -0.472 e. The SMILES string of the molecule is CC(C)OC(=O)c1cccc(C(F)F)c1COc1ccn(C)n1. The zero-order chi connectivity index (χ0) is 17.0. The molecule has 1 aromatic heterocycles. The lowest BCUT2D eigenvalue weighted by Crippen LogP contribution is -2.16. The highest BCUT2D eigenvalue weighted by molar-refractivity contribution is 5.91. The first-order valence-electron chi connectivity index (χ1n) is 7.12. The van der Waals surface area contributed by atoms with Crippen molar-refractivity contribution in [2.75, 3.05) is 0 Å². The molecule has 1 aromatic carbocycles. The second-order valence-corrected chi connectivity index (χ2v) is 5.24. The molecule has 0 fully saturated rings. The topological polar surface area (TPSA) is 53.4 Å². The van der Waals surface area contributed by atoms with Crippen molar-refractivity contribution in [3.8, 4) is 5.88 Å². The minimum atomic E-state index is -2.72. The van der Waals surface area contributed by atoms with Crippen LogP contribution in [-0.2, 0) is 18.4 Å². The lowest BCUT2D eigenvalue weighted by molar-refractivity contribution is 0.0374. The number of hydrogen-bond acceptors (Lipinski definition) is 4. The summed E-state index contributed by atoms with van der Waals surface area (Å²) in [7, 11) is 1.71. The molecule has 0 aliphatic carbocycles. The molecule has 2 aromatic rings. The number of nitrogens with zero attached hydrogens (tertiary/aromatic N) is 2. The summed E-state index contributed by atoms with van der Waals surface area (Å²) in [6.07, 6.45) is -1.39. The fourth-order valence-corrected chi connectivity index (χ4v) is 2.06. The highest BCUT2D eigenvalue weighted by Crippen LogP contribution is 2.27. The van der Waals surface area contributed by atoms with Crippen molar-refractivity contribution in [1.29, 1.82) is 0 Å². The van der Waals surface area contributed by atoms with Crippen molar-refractivity contribution >= 4 is 5.97 Å². The summed E-state index contributed by atoms with van der Waals surface area (Å²) in [6.45, 7) is 3.19. The Morgan fingerprint density at radius 1 is 1.30 bits per heavy atom. The lowest BCUT2D eigenvalue weighted by Gasteiger charge is -2.15. The first-order chi connectivity index (χ1) is 10.9. The van der Waals surface area contributed by atoms with Crippen molar-refractivity contribution in [1.82, 2.24) is 9.78 Å². The summed E-state index contributed by atoms with van der Waals surface area (Å²) in [5, 5.41) is 4.01. The van der Waals surface area contributed by atoms with Gasteiger partial charge in [0.15, 0.2) is 0 Å². The van der Waals surface area contributed by atoms with E-state index in [1.54, 1.807) is 33.2 Å². The summed E-state index contributed by atoms with van der Waals surface area (Å²) in [6, 6.07) is 5.74. The average Bonchev–Trinajstić information content (AvgIpc) is 2.89. The molecule has 124 valence electrons. The van der Waals surface area contributed by atoms with E-state index in [1.165, 1.54) is 22.9 Å². The second kappa shape index (κ2) is 7.21. The third kappa shape index (κ3) is 4.28. The number of aryl methyl sites for hydroxylation is 1. The average molecular weight is 324 g/mol. The van der Waals surface area contributed by atoms with Gasteiger partial charge in [-0.1, -0.05) is 12.1 Å². The Hall–Kier alpha value is -2.44. The number of halogens is 2. The van der Waals surface area contributed by atoms with Gasteiger partial charge in [0.1, 0.15) is 6.61 Å². The van der Waals surface area contributed by atoms with E-state index in [0.717, 1.165) is 0 Å². The van der Waals surface area contributed by atoms with Crippen molar-refractivity contribution in [3.05, 3.63) is 47.2 Å². The molecule has 0 radical (unpaired) electrons. The normalized spacial score (nSPS) is 11.1. The highest BCUT2D eigenvalue weighted by atomic mass is 19.3. The number of carbonyl (C=O) groups is 1. The summed E-state index contributed by atoms with van der Waals surface area (Å²) in [5.41, 5.74) is -0.0645. The molecular formula is C16H18F2N2O3. The van der Waals surface area contributed by atoms with Crippen LogP contribution >= 0.6 is 0 Å². The Morgan fingerprint density at radius 3 is 2.61 bits per heavy atom. The van der Waals surface area contributed by atoms with E-state index in [-0.39, 0.29) is 29.4 Å². The maximum absolute atomic E-state index is 13.2. The number of rotatable bonds is 6. The van der Waals surface area contributed by atoms with Crippen LogP contribution < -0.4 is 4.74 Å². The molecule has 0 saturated carbocycles. The standard InChI is InChI=1S/C16H18F2N2O3/c1-10(2)23-16(21)12-6-4-5-11(15(17)18)13(12)9-22-14-7-8-20(3)19-14/h4-8,10,15H,9H2,1-3H3. The van der Waals surface area contributed by atoms with Crippen LogP contribution in [0, 0.1) is 0 Å². The summed E-state index contributed by atoms with van der Waals surface area (Å²) in [4.78, 5) is 12.1. The zero-order valence-corrected chi connectivity index (χ0v) is 13.1. The molecule has 0 unspecified atom stereocenters. The highest BCUT2D eigenvalue weighted by Gasteiger charge is 2.22. The Balaban J connectivity index is 2.31. The Bertz CT molecular complexity index is 684. The largest absolute Gasteiger partial charge is 0.472 e. The molecule has 0 saturated heterocycles. The molecule has 0 bridgehead atoms. The van der Waals surface area contributed by atoms with Crippen LogP contribution in [-0.4, -0.2) is 21.9 Å². The molecule has 0 aliphatic rings. The number of alkyl halides is 2. The Morgan fingerprint density at radius 2 is 2.04 bits per heavy atom. The quantitative estimate of drug-likeness (QED) is 0.763. The van der Waals surface area contributed by atoms with Gasteiger partial charge in [0.2, 0.25) is 5.88 Å². The van der Waals surface area contributed by atoms with E-state index < -0.39 is 12.4 Å². The number of hydrogen-bond donors (Lipinski definition) is 0. The summed E-state index contributed by atoms with van der Waals surface area (Å²) < 4.78 is 38.5. The van der Waals surface area contributed by atoms with Crippen LogP contribution in [0.4, 0.5) is 8.78 Å².